The van der Waals surface area contributed by atoms with Crippen molar-refractivity contribution >= 4 is 23.2 Å². The van der Waals surface area contributed by atoms with Crippen LogP contribution in [0.4, 0.5) is 5.69 Å². The Balaban J connectivity index is 2.36. The molecule has 0 saturated carbocycles. The first-order chi connectivity index (χ1) is 10.1. The Morgan fingerprint density at radius 2 is 1.86 bits per heavy atom. The molecule has 0 bridgehead atoms. The van der Waals surface area contributed by atoms with Gasteiger partial charge in [0.05, 0.1) is 5.56 Å². The maximum atomic E-state index is 11.6. The van der Waals surface area contributed by atoms with Gasteiger partial charge >= 0.3 is 0 Å². The lowest BCUT2D eigenvalue weighted by Crippen LogP contribution is -2.31. The van der Waals surface area contributed by atoms with Crippen molar-refractivity contribution in [2.24, 2.45) is 11.5 Å². The third kappa shape index (κ3) is 3.97. The van der Waals surface area contributed by atoms with E-state index in [0.29, 0.717) is 30.2 Å². The smallest absolute Gasteiger partial charge is 0.250 e. The summed E-state index contributed by atoms with van der Waals surface area (Å²) in [4.78, 5) is 13.7. The van der Waals surface area contributed by atoms with Gasteiger partial charge in [-0.1, -0.05) is 41.9 Å². The fourth-order valence-corrected chi connectivity index (χ4v) is 2.40. The van der Waals surface area contributed by atoms with Crippen LogP contribution in [-0.2, 0) is 6.54 Å². The minimum absolute atomic E-state index is 0.409. The molecule has 0 atom stereocenters. The minimum atomic E-state index is -0.498. The Morgan fingerprint density at radius 3 is 2.48 bits per heavy atom. The van der Waals surface area contributed by atoms with Crippen molar-refractivity contribution in [3.8, 4) is 0 Å². The van der Waals surface area contributed by atoms with Gasteiger partial charge in [-0.15, -0.1) is 0 Å². The summed E-state index contributed by atoms with van der Waals surface area (Å²) in [5, 5.41) is 0.486. The summed E-state index contributed by atoms with van der Waals surface area (Å²) in [5.41, 5.74) is 13.4. The van der Waals surface area contributed by atoms with E-state index in [2.05, 4.69) is 0 Å². The summed E-state index contributed by atoms with van der Waals surface area (Å²) in [7, 11) is 0. The third-order valence-electron chi connectivity index (χ3n) is 3.18. The number of rotatable bonds is 6. The van der Waals surface area contributed by atoms with Crippen LogP contribution in [0.1, 0.15) is 15.9 Å². The summed E-state index contributed by atoms with van der Waals surface area (Å²) in [6.45, 7) is 1.75. The van der Waals surface area contributed by atoms with E-state index in [4.69, 9.17) is 23.1 Å². The van der Waals surface area contributed by atoms with Gasteiger partial charge in [-0.2, -0.15) is 0 Å². The number of nitrogens with two attached hydrogens (primary N) is 2. The van der Waals surface area contributed by atoms with Gasteiger partial charge in [0.2, 0.25) is 0 Å². The molecule has 2 aromatic rings. The Morgan fingerprint density at radius 1 is 1.14 bits per heavy atom. The lowest BCUT2D eigenvalue weighted by atomic mass is 10.1. The molecule has 0 unspecified atom stereocenters. The van der Waals surface area contributed by atoms with Crippen molar-refractivity contribution < 1.29 is 4.79 Å². The lowest BCUT2D eigenvalue weighted by Gasteiger charge is -2.26. The molecule has 5 heteroatoms. The molecule has 1 amide bonds. The number of carbonyl (C=O) groups excluding carboxylic acids is 1. The van der Waals surface area contributed by atoms with Gasteiger partial charge in [-0.05, 0) is 23.8 Å². The van der Waals surface area contributed by atoms with Crippen molar-refractivity contribution in [2.45, 2.75) is 6.54 Å². The zero-order valence-corrected chi connectivity index (χ0v) is 12.4. The van der Waals surface area contributed by atoms with Gasteiger partial charge in [-0.3, -0.25) is 4.79 Å². The topological polar surface area (TPSA) is 72.3 Å². The highest BCUT2D eigenvalue weighted by Gasteiger charge is 2.15. The second kappa shape index (κ2) is 7.11. The normalized spacial score (nSPS) is 10.4. The molecular formula is C16H18ClN3O. The summed E-state index contributed by atoms with van der Waals surface area (Å²) in [5.74, 6) is -0.498. The first kappa shape index (κ1) is 15.4. The number of nitrogens with zero attached hydrogens (tertiary/aromatic N) is 1. The number of halogens is 1. The SMILES string of the molecule is NCCN(Cc1ccccc1)c1ccc(Cl)cc1C(N)=O. The van der Waals surface area contributed by atoms with Crippen LogP contribution < -0.4 is 16.4 Å². The van der Waals surface area contributed by atoms with Crippen LogP contribution in [0.2, 0.25) is 5.02 Å². The molecule has 2 aromatic carbocycles. The second-order valence-electron chi connectivity index (χ2n) is 4.72. The van der Waals surface area contributed by atoms with Crippen LogP contribution in [-0.4, -0.2) is 19.0 Å². The number of benzene rings is 2. The third-order valence-corrected chi connectivity index (χ3v) is 3.42. The number of hydrogen-bond donors (Lipinski definition) is 2. The minimum Gasteiger partial charge on any atom is -0.366 e. The molecule has 2 rings (SSSR count). The zero-order valence-electron chi connectivity index (χ0n) is 11.6. The monoisotopic (exact) mass is 303 g/mol. The molecule has 0 saturated heterocycles. The van der Waals surface area contributed by atoms with E-state index < -0.39 is 5.91 Å². The van der Waals surface area contributed by atoms with Crippen molar-refractivity contribution in [3.05, 3.63) is 64.7 Å². The summed E-state index contributed by atoms with van der Waals surface area (Å²) >= 11 is 5.95. The number of anilines is 1. The van der Waals surface area contributed by atoms with Crippen LogP contribution in [0.25, 0.3) is 0 Å². The van der Waals surface area contributed by atoms with Gasteiger partial charge in [0.1, 0.15) is 0 Å². The Hall–Kier alpha value is -2.04. The van der Waals surface area contributed by atoms with Gasteiger partial charge in [0.15, 0.2) is 0 Å². The standard InChI is InChI=1S/C16H18ClN3O/c17-13-6-7-15(14(10-13)16(19)21)20(9-8-18)11-12-4-2-1-3-5-12/h1-7,10H,8-9,11,18H2,(H2,19,21). The number of carbonyl (C=O) groups is 1. The molecule has 110 valence electrons. The maximum absolute atomic E-state index is 11.6. The number of hydrogen-bond acceptors (Lipinski definition) is 3. The molecule has 0 spiro atoms. The molecule has 0 aliphatic rings. The number of amides is 1. The Labute approximate surface area is 129 Å². The number of primary amides is 1. The van der Waals surface area contributed by atoms with E-state index in [1.54, 1.807) is 18.2 Å². The molecular weight excluding hydrogens is 286 g/mol. The molecule has 0 aliphatic heterocycles. The summed E-state index contributed by atoms with van der Waals surface area (Å²) in [6.07, 6.45) is 0. The Bertz CT molecular complexity index is 616. The van der Waals surface area contributed by atoms with E-state index in [1.807, 2.05) is 35.2 Å². The van der Waals surface area contributed by atoms with Crippen LogP contribution in [0.5, 0.6) is 0 Å². The van der Waals surface area contributed by atoms with Crippen molar-refractivity contribution in [1.82, 2.24) is 0 Å². The predicted molar refractivity (Wildman–Crippen MR) is 86.5 cm³/mol. The summed E-state index contributed by atoms with van der Waals surface area (Å²) in [6, 6.07) is 15.1. The van der Waals surface area contributed by atoms with Gasteiger partial charge in [-0.25, -0.2) is 0 Å². The average molecular weight is 304 g/mol. The largest absolute Gasteiger partial charge is 0.366 e. The zero-order chi connectivity index (χ0) is 15.2. The molecule has 0 fully saturated rings. The average Bonchev–Trinajstić information content (AvgIpc) is 2.48. The molecule has 4 nitrogen and oxygen atoms in total. The molecule has 0 aromatic heterocycles. The van der Waals surface area contributed by atoms with E-state index in [9.17, 15) is 4.79 Å². The fraction of sp³-hybridized carbons (Fsp3) is 0.188. The first-order valence-corrected chi connectivity index (χ1v) is 7.08. The van der Waals surface area contributed by atoms with Gasteiger partial charge in [0, 0.05) is 30.3 Å². The summed E-state index contributed by atoms with van der Waals surface area (Å²) < 4.78 is 0. The first-order valence-electron chi connectivity index (χ1n) is 6.70. The predicted octanol–water partition coefficient (Wildman–Crippen LogP) is 2.40. The highest BCUT2D eigenvalue weighted by Crippen LogP contribution is 2.25. The van der Waals surface area contributed by atoms with E-state index in [0.717, 1.165) is 11.3 Å². The molecule has 4 N–H and O–H groups in total. The van der Waals surface area contributed by atoms with E-state index >= 15 is 0 Å². The van der Waals surface area contributed by atoms with Crippen LogP contribution in [0.3, 0.4) is 0 Å². The van der Waals surface area contributed by atoms with E-state index in [1.165, 1.54) is 0 Å². The van der Waals surface area contributed by atoms with Gasteiger partial charge in [0.25, 0.3) is 5.91 Å². The quantitative estimate of drug-likeness (QED) is 0.860. The van der Waals surface area contributed by atoms with Crippen LogP contribution >= 0.6 is 11.6 Å². The van der Waals surface area contributed by atoms with Crippen molar-refractivity contribution in [3.63, 3.8) is 0 Å². The highest BCUT2D eigenvalue weighted by molar-refractivity contribution is 6.31. The molecule has 0 heterocycles. The fourth-order valence-electron chi connectivity index (χ4n) is 2.23. The molecule has 0 radical (unpaired) electrons. The Kier molecular flexibility index (Phi) is 5.20. The molecule has 21 heavy (non-hydrogen) atoms. The van der Waals surface area contributed by atoms with Crippen LogP contribution in [0, 0.1) is 0 Å². The van der Waals surface area contributed by atoms with Crippen LogP contribution in [0.15, 0.2) is 48.5 Å². The molecule has 0 aliphatic carbocycles. The second-order valence-corrected chi connectivity index (χ2v) is 5.16. The maximum Gasteiger partial charge on any atom is 0.250 e. The van der Waals surface area contributed by atoms with Crippen molar-refractivity contribution in [2.75, 3.05) is 18.0 Å². The lowest BCUT2D eigenvalue weighted by molar-refractivity contribution is 0.100. The van der Waals surface area contributed by atoms with E-state index in [-0.39, 0.29) is 0 Å². The highest BCUT2D eigenvalue weighted by atomic mass is 35.5. The van der Waals surface area contributed by atoms with Crippen molar-refractivity contribution in [1.29, 1.82) is 0 Å². The van der Waals surface area contributed by atoms with Gasteiger partial charge < -0.3 is 16.4 Å².